The molecule has 1 N–H and O–H groups in total. The van der Waals surface area contributed by atoms with Gasteiger partial charge in [-0.05, 0) is 49.4 Å². The number of aryl methyl sites for hydroxylation is 1. The minimum atomic E-state index is -0.366. The second kappa shape index (κ2) is 10.1. The van der Waals surface area contributed by atoms with Gasteiger partial charge in [-0.3, -0.25) is 4.79 Å². The molecule has 0 fully saturated rings. The smallest absolute Gasteiger partial charge is 0.341 e. The molecule has 1 aliphatic carbocycles. The van der Waals surface area contributed by atoms with E-state index in [0.29, 0.717) is 33.8 Å². The Morgan fingerprint density at radius 1 is 1.25 bits per heavy atom. The summed E-state index contributed by atoms with van der Waals surface area (Å²) in [5.41, 5.74) is 2.62. The zero-order valence-corrected chi connectivity index (χ0v) is 20.2. The average molecular weight is 491 g/mol. The number of nitrogens with zero attached hydrogens (tertiary/aromatic N) is 3. The van der Waals surface area contributed by atoms with Crippen molar-refractivity contribution in [1.82, 2.24) is 14.8 Å². The van der Waals surface area contributed by atoms with Crippen LogP contribution < -0.4 is 5.32 Å². The third kappa shape index (κ3) is 5.00. The number of thiophene rings is 1. The number of benzene rings is 1. The number of aromatic nitrogens is 3. The van der Waals surface area contributed by atoms with E-state index in [1.807, 2.05) is 35.9 Å². The highest BCUT2D eigenvalue weighted by atomic mass is 35.5. The van der Waals surface area contributed by atoms with Crippen LogP contribution in [-0.4, -0.2) is 39.0 Å². The second-order valence-corrected chi connectivity index (χ2v) is 9.86. The molecule has 0 unspecified atom stereocenters. The Balaban J connectivity index is 1.39. The zero-order chi connectivity index (χ0) is 22.7. The number of fused-ring (bicyclic) bond motifs is 1. The molecule has 10 heteroatoms. The molecule has 1 aromatic carbocycles. The van der Waals surface area contributed by atoms with Crippen molar-refractivity contribution < 1.29 is 14.3 Å². The van der Waals surface area contributed by atoms with Crippen molar-refractivity contribution in [3.8, 4) is 0 Å². The van der Waals surface area contributed by atoms with Crippen molar-refractivity contribution >= 4 is 51.6 Å². The van der Waals surface area contributed by atoms with Crippen LogP contribution in [0.4, 0.5) is 5.00 Å². The number of halogens is 1. The number of rotatable bonds is 8. The van der Waals surface area contributed by atoms with Gasteiger partial charge >= 0.3 is 5.97 Å². The molecular weight excluding hydrogens is 468 g/mol. The predicted molar refractivity (Wildman–Crippen MR) is 127 cm³/mol. The average Bonchev–Trinajstić information content (AvgIpc) is 3.44. The Bertz CT molecular complexity index is 1140. The Hall–Kier alpha value is -2.36. The molecule has 168 valence electrons. The number of amides is 1. The highest BCUT2D eigenvalue weighted by Gasteiger charge is 2.28. The Kier molecular flexibility index (Phi) is 7.17. The fraction of sp³-hybridized carbons (Fsp3) is 0.364. The van der Waals surface area contributed by atoms with Crippen LogP contribution in [0.1, 0.15) is 45.5 Å². The van der Waals surface area contributed by atoms with E-state index in [9.17, 15) is 9.59 Å². The first kappa shape index (κ1) is 22.8. The minimum absolute atomic E-state index is 0.164. The van der Waals surface area contributed by atoms with Crippen molar-refractivity contribution in [3.63, 3.8) is 0 Å². The Morgan fingerprint density at radius 3 is 2.78 bits per heavy atom. The molecule has 32 heavy (non-hydrogen) atoms. The number of carbonyl (C=O) groups is 2. The van der Waals surface area contributed by atoms with Gasteiger partial charge in [0.25, 0.3) is 0 Å². The van der Waals surface area contributed by atoms with E-state index in [1.54, 1.807) is 6.92 Å². The summed E-state index contributed by atoms with van der Waals surface area (Å²) in [5, 5.41) is 13.3. The van der Waals surface area contributed by atoms with Crippen LogP contribution in [0.5, 0.6) is 0 Å². The number of nitrogens with one attached hydrogen (secondary N) is 1. The van der Waals surface area contributed by atoms with Crippen LogP contribution in [0.2, 0.25) is 5.02 Å². The number of thioether (sulfide) groups is 1. The van der Waals surface area contributed by atoms with Gasteiger partial charge in [0.1, 0.15) is 10.8 Å². The Morgan fingerprint density at radius 2 is 2.03 bits per heavy atom. The first-order valence-corrected chi connectivity index (χ1v) is 12.5. The zero-order valence-electron chi connectivity index (χ0n) is 17.8. The maximum Gasteiger partial charge on any atom is 0.341 e. The fourth-order valence-electron chi connectivity index (χ4n) is 3.61. The van der Waals surface area contributed by atoms with E-state index >= 15 is 0 Å². The van der Waals surface area contributed by atoms with Crippen LogP contribution in [0.15, 0.2) is 29.4 Å². The molecule has 0 spiro atoms. The molecule has 7 nitrogen and oxygen atoms in total. The van der Waals surface area contributed by atoms with Crippen LogP contribution in [0.3, 0.4) is 0 Å². The van der Waals surface area contributed by atoms with Gasteiger partial charge in [-0.15, -0.1) is 21.5 Å². The van der Waals surface area contributed by atoms with E-state index in [2.05, 4.69) is 15.5 Å². The van der Waals surface area contributed by atoms with Gasteiger partial charge in [0.2, 0.25) is 5.91 Å². The quantitative estimate of drug-likeness (QED) is 0.369. The van der Waals surface area contributed by atoms with Gasteiger partial charge < -0.3 is 14.6 Å². The summed E-state index contributed by atoms with van der Waals surface area (Å²) < 4.78 is 7.10. The van der Waals surface area contributed by atoms with Gasteiger partial charge in [-0.1, -0.05) is 35.5 Å². The van der Waals surface area contributed by atoms with E-state index in [1.165, 1.54) is 23.1 Å². The lowest BCUT2D eigenvalue weighted by Crippen LogP contribution is -2.17. The SMILES string of the molecule is CCOC(=O)c1c(NC(=O)CSc2nnc(Cc3ccc(Cl)cc3)n2C)sc2c1CCC2. The van der Waals surface area contributed by atoms with Crippen molar-refractivity contribution in [2.75, 3.05) is 17.7 Å². The summed E-state index contributed by atoms with van der Waals surface area (Å²) in [4.78, 5) is 26.3. The molecule has 0 atom stereocenters. The fourth-order valence-corrected chi connectivity index (χ4v) is 5.76. The topological polar surface area (TPSA) is 86.1 Å². The first-order valence-electron chi connectivity index (χ1n) is 10.3. The standard InChI is InChI=1S/C22H23ClN4O3S2/c1-3-30-21(29)19-15-5-4-6-16(15)32-20(19)24-18(28)12-31-22-26-25-17(27(22)2)11-13-7-9-14(23)10-8-13/h7-10H,3-6,11-12H2,1-2H3,(H,24,28). The van der Waals surface area contributed by atoms with Gasteiger partial charge in [-0.25, -0.2) is 4.79 Å². The normalized spacial score (nSPS) is 12.6. The molecular formula is C22H23ClN4O3S2. The lowest BCUT2D eigenvalue weighted by molar-refractivity contribution is -0.113. The summed E-state index contributed by atoms with van der Waals surface area (Å²) in [5.74, 6) is 0.407. The summed E-state index contributed by atoms with van der Waals surface area (Å²) in [6, 6.07) is 7.60. The number of esters is 1. The third-order valence-electron chi connectivity index (χ3n) is 5.19. The van der Waals surface area contributed by atoms with E-state index in [4.69, 9.17) is 16.3 Å². The van der Waals surface area contributed by atoms with Crippen LogP contribution in [0, 0.1) is 0 Å². The number of ether oxygens (including phenoxy) is 1. The summed E-state index contributed by atoms with van der Waals surface area (Å²) in [7, 11) is 1.88. The Labute approximate surface area is 199 Å². The van der Waals surface area contributed by atoms with Gasteiger partial charge in [-0.2, -0.15) is 0 Å². The summed E-state index contributed by atoms with van der Waals surface area (Å²) in [6.07, 6.45) is 3.44. The van der Waals surface area contributed by atoms with Gasteiger partial charge in [0.05, 0.1) is 17.9 Å². The molecule has 0 bridgehead atoms. The molecule has 0 aliphatic heterocycles. The summed E-state index contributed by atoms with van der Waals surface area (Å²) >= 11 is 8.73. The van der Waals surface area contributed by atoms with E-state index in [-0.39, 0.29) is 17.6 Å². The lowest BCUT2D eigenvalue weighted by Gasteiger charge is -2.08. The number of hydrogen-bond acceptors (Lipinski definition) is 7. The second-order valence-electron chi connectivity index (χ2n) is 7.38. The predicted octanol–water partition coefficient (Wildman–Crippen LogP) is 4.52. The number of carbonyl (C=O) groups excluding carboxylic acids is 2. The third-order valence-corrected chi connectivity index (χ3v) is 7.67. The maximum absolute atomic E-state index is 12.6. The largest absolute Gasteiger partial charge is 0.462 e. The number of anilines is 1. The lowest BCUT2D eigenvalue weighted by atomic mass is 10.1. The van der Waals surface area contributed by atoms with Crippen LogP contribution >= 0.6 is 34.7 Å². The molecule has 1 amide bonds. The van der Waals surface area contributed by atoms with E-state index in [0.717, 1.165) is 41.1 Å². The van der Waals surface area contributed by atoms with Crippen LogP contribution in [0.25, 0.3) is 0 Å². The monoisotopic (exact) mass is 490 g/mol. The molecule has 0 saturated carbocycles. The molecule has 2 aromatic heterocycles. The van der Waals surface area contributed by atoms with Crippen molar-refractivity contribution in [3.05, 3.63) is 56.7 Å². The first-order chi connectivity index (χ1) is 15.5. The van der Waals surface area contributed by atoms with Crippen molar-refractivity contribution in [2.24, 2.45) is 7.05 Å². The molecule has 0 saturated heterocycles. The van der Waals surface area contributed by atoms with Gasteiger partial charge in [0.15, 0.2) is 5.16 Å². The van der Waals surface area contributed by atoms with Gasteiger partial charge in [0, 0.05) is 23.4 Å². The van der Waals surface area contributed by atoms with Crippen LogP contribution in [-0.2, 0) is 35.8 Å². The molecule has 2 heterocycles. The molecule has 3 aromatic rings. The highest BCUT2D eigenvalue weighted by Crippen LogP contribution is 2.39. The molecule has 1 aliphatic rings. The number of hydrogen-bond donors (Lipinski definition) is 1. The van der Waals surface area contributed by atoms with E-state index < -0.39 is 0 Å². The summed E-state index contributed by atoms with van der Waals surface area (Å²) in [6.45, 7) is 2.08. The molecule has 4 rings (SSSR count). The maximum atomic E-state index is 12.6. The highest BCUT2D eigenvalue weighted by molar-refractivity contribution is 7.99. The molecule has 0 radical (unpaired) electrons. The van der Waals surface area contributed by atoms with Crippen molar-refractivity contribution in [1.29, 1.82) is 0 Å². The minimum Gasteiger partial charge on any atom is -0.462 e. The van der Waals surface area contributed by atoms with Crippen molar-refractivity contribution in [2.45, 2.75) is 37.8 Å².